The maximum absolute atomic E-state index is 11.3. The van der Waals surface area contributed by atoms with Crippen molar-refractivity contribution in [2.24, 2.45) is 0 Å². The van der Waals surface area contributed by atoms with E-state index in [9.17, 15) is 4.79 Å². The van der Waals surface area contributed by atoms with Crippen molar-refractivity contribution < 1.29 is 9.53 Å². The molecule has 0 fully saturated rings. The average Bonchev–Trinajstić information content (AvgIpc) is 2.46. The number of benzene rings is 2. The first-order chi connectivity index (χ1) is 10.0. The smallest absolute Gasteiger partial charge is 0.303 e. The van der Waals surface area contributed by atoms with E-state index in [0.717, 1.165) is 11.1 Å². The third-order valence-corrected chi connectivity index (χ3v) is 3.24. The van der Waals surface area contributed by atoms with E-state index in [0.29, 0.717) is 0 Å². The molecule has 0 aliphatic rings. The quantitative estimate of drug-likeness (QED) is 0.764. The normalized spacial score (nSPS) is 12.3. The van der Waals surface area contributed by atoms with Gasteiger partial charge in [0.2, 0.25) is 0 Å². The fourth-order valence-electron chi connectivity index (χ4n) is 2.03. The van der Waals surface area contributed by atoms with E-state index >= 15 is 0 Å². The van der Waals surface area contributed by atoms with Crippen LogP contribution in [0.2, 0.25) is 0 Å². The molecule has 1 atom stereocenters. The number of esters is 1. The summed E-state index contributed by atoms with van der Waals surface area (Å²) in [7, 11) is 0. The zero-order chi connectivity index (χ0) is 15.2. The molecule has 2 heteroatoms. The molecule has 2 aromatic rings. The van der Waals surface area contributed by atoms with E-state index < -0.39 is 0 Å². The topological polar surface area (TPSA) is 26.3 Å². The number of hydrogen-bond acceptors (Lipinski definition) is 2. The van der Waals surface area contributed by atoms with E-state index in [1.807, 2.05) is 55.5 Å². The Labute approximate surface area is 126 Å². The number of aryl methyl sites for hydroxylation is 2. The van der Waals surface area contributed by atoms with Crippen molar-refractivity contribution in [2.45, 2.75) is 26.9 Å². The first kappa shape index (κ1) is 15.0. The van der Waals surface area contributed by atoms with Crippen LogP contribution in [0.3, 0.4) is 0 Å². The van der Waals surface area contributed by atoms with Crippen LogP contribution in [0.1, 0.15) is 35.3 Å². The Balaban J connectivity index is 2.21. The predicted molar refractivity (Wildman–Crippen MR) is 85.9 cm³/mol. The van der Waals surface area contributed by atoms with Crippen molar-refractivity contribution >= 4 is 12.0 Å². The second-order valence-corrected chi connectivity index (χ2v) is 5.21. The van der Waals surface area contributed by atoms with Crippen LogP contribution in [0.4, 0.5) is 0 Å². The van der Waals surface area contributed by atoms with Crippen LogP contribution in [-0.2, 0) is 9.53 Å². The molecule has 0 radical (unpaired) electrons. The fraction of sp³-hybridized carbons (Fsp3) is 0.211. The SMILES string of the molecule is CC(=O)OC(/C=C/c1ccc(C)cc1)c1ccc(C)cc1. The summed E-state index contributed by atoms with van der Waals surface area (Å²) in [6.45, 7) is 5.52. The highest BCUT2D eigenvalue weighted by atomic mass is 16.5. The molecule has 0 saturated carbocycles. The van der Waals surface area contributed by atoms with Gasteiger partial charge in [0.1, 0.15) is 6.10 Å². The first-order valence-electron chi connectivity index (χ1n) is 7.03. The summed E-state index contributed by atoms with van der Waals surface area (Å²) in [5, 5.41) is 0. The summed E-state index contributed by atoms with van der Waals surface area (Å²) in [6.07, 6.45) is 3.54. The molecule has 108 valence electrons. The van der Waals surface area contributed by atoms with Crippen LogP contribution in [0.5, 0.6) is 0 Å². The van der Waals surface area contributed by atoms with E-state index in [2.05, 4.69) is 19.1 Å². The molecule has 2 aromatic carbocycles. The maximum Gasteiger partial charge on any atom is 0.303 e. The summed E-state index contributed by atoms with van der Waals surface area (Å²) in [5.74, 6) is -0.283. The van der Waals surface area contributed by atoms with Gasteiger partial charge in [0, 0.05) is 6.92 Å². The van der Waals surface area contributed by atoms with Crippen LogP contribution in [0.25, 0.3) is 6.08 Å². The molecule has 0 bridgehead atoms. The molecule has 21 heavy (non-hydrogen) atoms. The molecule has 0 amide bonds. The molecular weight excluding hydrogens is 260 g/mol. The van der Waals surface area contributed by atoms with Crippen molar-refractivity contribution in [1.29, 1.82) is 0 Å². The van der Waals surface area contributed by atoms with Gasteiger partial charge in [-0.25, -0.2) is 0 Å². The van der Waals surface area contributed by atoms with Gasteiger partial charge >= 0.3 is 5.97 Å². The molecule has 1 unspecified atom stereocenters. The Hall–Kier alpha value is -2.35. The highest BCUT2D eigenvalue weighted by Crippen LogP contribution is 2.21. The molecule has 2 rings (SSSR count). The Kier molecular flexibility index (Phi) is 4.94. The Bertz CT molecular complexity index is 622. The lowest BCUT2D eigenvalue weighted by Crippen LogP contribution is -2.06. The molecule has 2 nitrogen and oxygen atoms in total. The van der Waals surface area contributed by atoms with Crippen LogP contribution in [-0.4, -0.2) is 5.97 Å². The van der Waals surface area contributed by atoms with Crippen LogP contribution >= 0.6 is 0 Å². The monoisotopic (exact) mass is 280 g/mol. The minimum Gasteiger partial charge on any atom is -0.453 e. The third-order valence-electron chi connectivity index (χ3n) is 3.24. The number of hydrogen-bond donors (Lipinski definition) is 0. The van der Waals surface area contributed by atoms with Crippen molar-refractivity contribution in [1.82, 2.24) is 0 Å². The predicted octanol–water partition coefficient (Wildman–Crippen LogP) is 4.62. The molecule has 0 saturated heterocycles. The Morgan fingerprint density at radius 3 is 2.00 bits per heavy atom. The van der Waals surface area contributed by atoms with E-state index in [1.54, 1.807) is 0 Å². The van der Waals surface area contributed by atoms with Gasteiger partial charge in [-0.2, -0.15) is 0 Å². The summed E-state index contributed by atoms with van der Waals surface area (Å²) >= 11 is 0. The van der Waals surface area contributed by atoms with Crippen molar-refractivity contribution in [3.05, 3.63) is 76.9 Å². The molecule has 0 spiro atoms. The van der Waals surface area contributed by atoms with Crippen LogP contribution in [0.15, 0.2) is 54.6 Å². The van der Waals surface area contributed by atoms with Gasteiger partial charge < -0.3 is 4.74 Å². The second-order valence-electron chi connectivity index (χ2n) is 5.21. The van der Waals surface area contributed by atoms with E-state index in [-0.39, 0.29) is 12.1 Å². The van der Waals surface area contributed by atoms with Crippen molar-refractivity contribution in [3.63, 3.8) is 0 Å². The van der Waals surface area contributed by atoms with Crippen LogP contribution in [0, 0.1) is 13.8 Å². The number of carbonyl (C=O) groups excluding carboxylic acids is 1. The molecule has 0 aromatic heterocycles. The highest BCUT2D eigenvalue weighted by molar-refractivity contribution is 5.67. The largest absolute Gasteiger partial charge is 0.453 e. The zero-order valence-corrected chi connectivity index (χ0v) is 12.7. The summed E-state index contributed by atoms with van der Waals surface area (Å²) in [4.78, 5) is 11.3. The van der Waals surface area contributed by atoms with Gasteiger partial charge in [0.15, 0.2) is 0 Å². The van der Waals surface area contributed by atoms with Gasteiger partial charge in [0.05, 0.1) is 0 Å². The van der Waals surface area contributed by atoms with E-state index in [4.69, 9.17) is 4.74 Å². The fourth-order valence-corrected chi connectivity index (χ4v) is 2.03. The summed E-state index contributed by atoms with van der Waals surface area (Å²) in [5.41, 5.74) is 4.47. The van der Waals surface area contributed by atoms with Gasteiger partial charge in [-0.15, -0.1) is 0 Å². The zero-order valence-electron chi connectivity index (χ0n) is 12.7. The maximum atomic E-state index is 11.3. The number of ether oxygens (including phenoxy) is 1. The molecular formula is C19H20O2. The summed E-state index contributed by atoms with van der Waals surface area (Å²) < 4.78 is 5.40. The summed E-state index contributed by atoms with van der Waals surface area (Å²) in [6, 6.07) is 16.2. The molecule has 0 aliphatic carbocycles. The van der Waals surface area contributed by atoms with Gasteiger partial charge in [0.25, 0.3) is 0 Å². The van der Waals surface area contributed by atoms with Crippen molar-refractivity contribution in [3.8, 4) is 0 Å². The molecule has 0 N–H and O–H groups in total. The highest BCUT2D eigenvalue weighted by Gasteiger charge is 2.10. The average molecular weight is 280 g/mol. The second kappa shape index (κ2) is 6.89. The number of rotatable bonds is 4. The lowest BCUT2D eigenvalue weighted by Gasteiger charge is -2.14. The van der Waals surface area contributed by atoms with Gasteiger partial charge in [-0.1, -0.05) is 65.7 Å². The van der Waals surface area contributed by atoms with Gasteiger partial charge in [-0.05, 0) is 31.1 Å². The minimum absolute atomic E-state index is 0.283. The standard InChI is InChI=1S/C19H20O2/c1-14-4-8-17(9-5-14)10-13-19(21-16(3)20)18-11-6-15(2)7-12-18/h4-13,19H,1-3H3/b13-10+. The molecule has 0 aliphatic heterocycles. The van der Waals surface area contributed by atoms with Crippen LogP contribution < -0.4 is 0 Å². The lowest BCUT2D eigenvalue weighted by molar-refractivity contribution is -0.144. The first-order valence-corrected chi connectivity index (χ1v) is 7.03. The number of carbonyl (C=O) groups is 1. The lowest BCUT2D eigenvalue weighted by atomic mass is 10.1. The Morgan fingerprint density at radius 2 is 1.48 bits per heavy atom. The van der Waals surface area contributed by atoms with Gasteiger partial charge in [-0.3, -0.25) is 4.79 Å². The Morgan fingerprint density at radius 1 is 0.952 bits per heavy atom. The van der Waals surface area contributed by atoms with Crippen molar-refractivity contribution in [2.75, 3.05) is 0 Å². The minimum atomic E-state index is -0.357. The van der Waals surface area contributed by atoms with E-state index in [1.165, 1.54) is 18.1 Å². The third kappa shape index (κ3) is 4.60. The molecule has 0 heterocycles.